The molecular weight excluding hydrogens is 312 g/mol. The van der Waals surface area contributed by atoms with Gasteiger partial charge in [0, 0.05) is 6.04 Å². The van der Waals surface area contributed by atoms with Crippen molar-refractivity contribution in [1.29, 1.82) is 0 Å². The zero-order valence-corrected chi connectivity index (χ0v) is 11.2. The zero-order valence-electron chi connectivity index (χ0n) is 10.3. The van der Waals surface area contributed by atoms with E-state index in [0.29, 0.717) is 11.3 Å². The molecule has 0 aliphatic rings. The Morgan fingerprint density at radius 3 is 2.10 bits per heavy atom. The van der Waals surface area contributed by atoms with Crippen molar-refractivity contribution in [3.05, 3.63) is 5.01 Å². The van der Waals surface area contributed by atoms with Gasteiger partial charge in [0.15, 0.2) is 0 Å². The van der Waals surface area contributed by atoms with Crippen molar-refractivity contribution in [3.63, 3.8) is 0 Å². The molecular formula is C9H11F6N3OS. The van der Waals surface area contributed by atoms with E-state index in [1.165, 1.54) is 0 Å². The maximum atomic E-state index is 12.3. The van der Waals surface area contributed by atoms with Gasteiger partial charge < -0.3 is 10.1 Å². The average Bonchev–Trinajstić information content (AvgIpc) is 2.67. The third kappa shape index (κ3) is 5.12. The van der Waals surface area contributed by atoms with Crippen molar-refractivity contribution in [2.24, 2.45) is 0 Å². The van der Waals surface area contributed by atoms with E-state index in [0.717, 1.165) is 0 Å². The molecule has 0 aromatic carbocycles. The number of aromatic nitrogens is 2. The van der Waals surface area contributed by atoms with Crippen LogP contribution in [-0.4, -0.2) is 34.7 Å². The van der Waals surface area contributed by atoms with Gasteiger partial charge in [-0.1, -0.05) is 30.3 Å². The monoisotopic (exact) mass is 323 g/mol. The van der Waals surface area contributed by atoms with E-state index in [4.69, 9.17) is 0 Å². The molecule has 0 fully saturated rings. The Morgan fingerprint density at radius 2 is 1.65 bits per heavy atom. The van der Waals surface area contributed by atoms with Crippen LogP contribution in [0, 0.1) is 0 Å². The minimum absolute atomic E-state index is 0.0846. The van der Waals surface area contributed by atoms with Crippen LogP contribution in [0.5, 0.6) is 5.19 Å². The van der Waals surface area contributed by atoms with Crippen LogP contribution in [0.15, 0.2) is 0 Å². The molecule has 1 heterocycles. The van der Waals surface area contributed by atoms with Crippen molar-refractivity contribution in [2.45, 2.75) is 44.9 Å². The van der Waals surface area contributed by atoms with Gasteiger partial charge in [-0.25, -0.2) is 0 Å². The summed E-state index contributed by atoms with van der Waals surface area (Å²) in [4.78, 5) is 0. The fraction of sp³-hybridized carbons (Fsp3) is 0.778. The SMILES string of the molecule is CC(C)NCc1nnc(OC(C(F)(F)F)C(F)(F)F)s1. The predicted octanol–water partition coefficient (Wildman–Crippen LogP) is 2.91. The van der Waals surface area contributed by atoms with E-state index < -0.39 is 23.7 Å². The third-order valence-corrected chi connectivity index (χ3v) is 2.74. The smallest absolute Gasteiger partial charge is 0.434 e. The summed E-state index contributed by atoms with van der Waals surface area (Å²) in [5.41, 5.74) is 0. The highest BCUT2D eigenvalue weighted by Crippen LogP contribution is 2.37. The van der Waals surface area contributed by atoms with Crippen molar-refractivity contribution in [3.8, 4) is 5.19 Å². The average molecular weight is 323 g/mol. The molecule has 4 nitrogen and oxygen atoms in total. The molecule has 0 bridgehead atoms. The fourth-order valence-electron chi connectivity index (χ4n) is 1.07. The van der Waals surface area contributed by atoms with E-state index in [-0.39, 0.29) is 17.6 Å². The number of hydrogen-bond donors (Lipinski definition) is 1. The van der Waals surface area contributed by atoms with Gasteiger partial charge in [-0.15, -0.1) is 5.10 Å². The van der Waals surface area contributed by atoms with Crippen molar-refractivity contribution in [2.75, 3.05) is 0 Å². The number of alkyl halides is 6. The van der Waals surface area contributed by atoms with Gasteiger partial charge in [0.2, 0.25) is 0 Å². The summed E-state index contributed by atoms with van der Waals surface area (Å²) >= 11 is 0.528. The third-order valence-electron chi connectivity index (χ3n) is 1.92. The molecule has 11 heteroatoms. The largest absolute Gasteiger partial charge is 0.446 e. The summed E-state index contributed by atoms with van der Waals surface area (Å²) in [5, 5.41) is 8.98. The van der Waals surface area contributed by atoms with Gasteiger partial charge in [0.05, 0.1) is 6.54 Å². The standard InChI is InChI=1S/C9H11F6N3OS/c1-4(2)16-3-5-17-18-7(20-5)19-6(8(10,11)12)9(13,14)15/h4,6,16H,3H2,1-2H3. The van der Waals surface area contributed by atoms with E-state index in [1.807, 2.05) is 13.8 Å². The molecule has 0 aliphatic heterocycles. The molecule has 0 aliphatic carbocycles. The fourth-order valence-corrected chi connectivity index (χ4v) is 1.73. The number of halogens is 6. The minimum atomic E-state index is -5.57. The Hall–Kier alpha value is -1.10. The van der Waals surface area contributed by atoms with Gasteiger partial charge in [-0.3, -0.25) is 0 Å². The van der Waals surface area contributed by atoms with Crippen molar-refractivity contribution >= 4 is 11.3 Å². The highest BCUT2D eigenvalue weighted by molar-refractivity contribution is 7.13. The molecule has 1 aromatic rings. The molecule has 0 spiro atoms. The Balaban J connectivity index is 2.75. The number of nitrogens with one attached hydrogen (secondary N) is 1. The Kier molecular flexibility index (Phi) is 5.19. The first kappa shape index (κ1) is 17.0. The van der Waals surface area contributed by atoms with Crippen LogP contribution in [0.3, 0.4) is 0 Å². The molecule has 20 heavy (non-hydrogen) atoms. The molecule has 1 N–H and O–H groups in total. The van der Waals surface area contributed by atoms with Crippen LogP contribution in [0.25, 0.3) is 0 Å². The van der Waals surface area contributed by atoms with Crippen LogP contribution in [0.1, 0.15) is 18.9 Å². The molecule has 0 saturated carbocycles. The summed E-state index contributed by atoms with van der Waals surface area (Å²) in [6, 6.07) is 0.0846. The lowest BCUT2D eigenvalue weighted by Gasteiger charge is -2.21. The van der Waals surface area contributed by atoms with Crippen LogP contribution in [0.2, 0.25) is 0 Å². The van der Waals surface area contributed by atoms with Crippen LogP contribution >= 0.6 is 11.3 Å². The van der Waals surface area contributed by atoms with Gasteiger partial charge in [-0.2, -0.15) is 26.3 Å². The Labute approximate surface area is 114 Å². The maximum absolute atomic E-state index is 12.3. The van der Waals surface area contributed by atoms with Gasteiger partial charge in [-0.05, 0) is 0 Å². The van der Waals surface area contributed by atoms with Gasteiger partial charge in [0.25, 0.3) is 11.3 Å². The molecule has 0 atom stereocenters. The molecule has 0 unspecified atom stereocenters. The first-order chi connectivity index (χ1) is 9.00. The summed E-state index contributed by atoms with van der Waals surface area (Å²) in [7, 11) is 0. The van der Waals surface area contributed by atoms with Gasteiger partial charge in [0.1, 0.15) is 5.01 Å². The normalized spacial score (nSPS) is 13.3. The van der Waals surface area contributed by atoms with Gasteiger partial charge >= 0.3 is 12.4 Å². The maximum Gasteiger partial charge on any atom is 0.434 e. The molecule has 0 radical (unpaired) electrons. The quantitative estimate of drug-likeness (QED) is 0.847. The Bertz CT molecular complexity index is 416. The molecule has 0 saturated heterocycles. The molecule has 1 rings (SSSR count). The number of rotatable bonds is 5. The van der Waals surface area contributed by atoms with Crippen LogP contribution in [0.4, 0.5) is 26.3 Å². The topological polar surface area (TPSA) is 47.0 Å². The van der Waals surface area contributed by atoms with Crippen molar-refractivity contribution < 1.29 is 31.1 Å². The lowest BCUT2D eigenvalue weighted by molar-refractivity contribution is -0.299. The second-order valence-electron chi connectivity index (χ2n) is 4.08. The highest BCUT2D eigenvalue weighted by atomic mass is 32.1. The highest BCUT2D eigenvalue weighted by Gasteiger charge is 2.59. The first-order valence-electron chi connectivity index (χ1n) is 5.36. The van der Waals surface area contributed by atoms with Crippen molar-refractivity contribution in [1.82, 2.24) is 15.5 Å². The number of hydrogen-bond acceptors (Lipinski definition) is 5. The zero-order chi connectivity index (χ0) is 15.6. The molecule has 1 aromatic heterocycles. The summed E-state index contributed by atoms with van der Waals surface area (Å²) in [6.45, 7) is 3.82. The van der Waals surface area contributed by atoms with E-state index in [9.17, 15) is 26.3 Å². The van der Waals surface area contributed by atoms with E-state index in [1.54, 1.807) is 0 Å². The van der Waals surface area contributed by atoms with Crippen LogP contribution in [-0.2, 0) is 6.54 Å². The second-order valence-corrected chi connectivity index (χ2v) is 5.10. The predicted molar refractivity (Wildman–Crippen MR) is 58.4 cm³/mol. The molecule has 0 amide bonds. The number of ether oxygens (including phenoxy) is 1. The van der Waals surface area contributed by atoms with Crippen LogP contribution < -0.4 is 10.1 Å². The summed E-state index contributed by atoms with van der Waals surface area (Å²) in [6.07, 6.45) is -15.0. The first-order valence-corrected chi connectivity index (χ1v) is 6.17. The number of nitrogens with zero attached hydrogens (tertiary/aromatic N) is 2. The molecule has 116 valence electrons. The van der Waals surface area contributed by atoms with E-state index in [2.05, 4.69) is 20.3 Å². The minimum Gasteiger partial charge on any atom is -0.446 e. The second kappa shape index (κ2) is 6.12. The van der Waals surface area contributed by atoms with E-state index >= 15 is 0 Å². The lowest BCUT2D eigenvalue weighted by atomic mass is 10.3. The lowest BCUT2D eigenvalue weighted by Crippen LogP contribution is -2.46. The Morgan fingerprint density at radius 1 is 1.10 bits per heavy atom. The summed E-state index contributed by atoms with van der Waals surface area (Å²) in [5.74, 6) is 0. The summed E-state index contributed by atoms with van der Waals surface area (Å²) < 4.78 is 77.5.